The van der Waals surface area contributed by atoms with Crippen LogP contribution < -0.4 is 0 Å². The molecule has 0 amide bonds. The van der Waals surface area contributed by atoms with Crippen molar-refractivity contribution in [3.63, 3.8) is 0 Å². The van der Waals surface area contributed by atoms with Crippen molar-refractivity contribution in [3.05, 3.63) is 12.8 Å². The van der Waals surface area contributed by atoms with Crippen LogP contribution in [0, 0.1) is 5.41 Å². The summed E-state index contributed by atoms with van der Waals surface area (Å²) in [6.07, 6.45) is 2.70. The van der Waals surface area contributed by atoms with Crippen molar-refractivity contribution in [2.24, 2.45) is 0 Å². The lowest BCUT2D eigenvalue weighted by atomic mass is 10.2. The maximum Gasteiger partial charge on any atom is 0.0969 e. The topological polar surface area (TPSA) is 36.3 Å². The number of hydrogen-bond donors (Lipinski definition) is 1. The maximum absolute atomic E-state index is 7.42. The highest BCUT2D eigenvalue weighted by Crippen LogP contribution is 2.12. The van der Waals surface area contributed by atoms with Crippen LogP contribution in [0.1, 0.15) is 13.3 Å². The minimum atomic E-state index is 0.338. The first-order chi connectivity index (χ1) is 5.25. The minimum absolute atomic E-state index is 0.338. The van der Waals surface area contributed by atoms with Crippen LogP contribution in [0.5, 0.6) is 0 Å². The lowest BCUT2D eigenvalue weighted by molar-refractivity contribution is 0.182. The van der Waals surface area contributed by atoms with Gasteiger partial charge in [0, 0.05) is 6.61 Å². The van der Waals surface area contributed by atoms with E-state index < -0.39 is 0 Å². The largest absolute Gasteiger partial charge is 0.379 e. The number of amidine groups is 1. The van der Waals surface area contributed by atoms with Crippen LogP contribution in [0.3, 0.4) is 0 Å². The molecule has 11 heavy (non-hydrogen) atoms. The van der Waals surface area contributed by atoms with Gasteiger partial charge in [-0.05, 0) is 19.5 Å². The molecule has 0 aromatic carbocycles. The molecule has 0 spiro atoms. The normalized spacial score (nSPS) is 23.2. The van der Waals surface area contributed by atoms with Crippen LogP contribution in [0.4, 0.5) is 0 Å². The third-order valence-corrected chi connectivity index (χ3v) is 1.88. The van der Waals surface area contributed by atoms with Gasteiger partial charge in [-0.3, -0.25) is 5.41 Å². The van der Waals surface area contributed by atoms with Gasteiger partial charge in [0.1, 0.15) is 0 Å². The molecule has 0 radical (unpaired) electrons. The predicted molar refractivity (Wildman–Crippen MR) is 44.7 cm³/mol. The Hall–Kier alpha value is -0.830. The SMILES string of the molecule is C=CN(C(C)=N)C1CCOC1. The molecular weight excluding hydrogens is 140 g/mol. The number of nitrogens with one attached hydrogen (secondary N) is 1. The second-order valence-corrected chi connectivity index (χ2v) is 2.69. The van der Waals surface area contributed by atoms with E-state index in [-0.39, 0.29) is 0 Å². The van der Waals surface area contributed by atoms with Crippen molar-refractivity contribution in [2.45, 2.75) is 19.4 Å². The highest BCUT2D eigenvalue weighted by molar-refractivity contribution is 5.77. The van der Waals surface area contributed by atoms with Gasteiger partial charge in [-0.1, -0.05) is 6.58 Å². The molecule has 1 rings (SSSR count). The van der Waals surface area contributed by atoms with Gasteiger partial charge < -0.3 is 9.64 Å². The zero-order chi connectivity index (χ0) is 8.27. The molecule has 1 atom stereocenters. The Bertz CT molecular complexity index is 161. The molecule has 0 aromatic rings. The minimum Gasteiger partial charge on any atom is -0.379 e. The van der Waals surface area contributed by atoms with Gasteiger partial charge in [0.2, 0.25) is 0 Å². The van der Waals surface area contributed by atoms with Crippen molar-refractivity contribution in [2.75, 3.05) is 13.2 Å². The lowest BCUT2D eigenvalue weighted by Gasteiger charge is -2.24. The van der Waals surface area contributed by atoms with Crippen molar-refractivity contribution >= 4 is 5.84 Å². The van der Waals surface area contributed by atoms with Crippen molar-refractivity contribution in [1.29, 1.82) is 5.41 Å². The summed E-state index contributed by atoms with van der Waals surface area (Å²) in [5.41, 5.74) is 0. The number of hydrogen-bond acceptors (Lipinski definition) is 2. The third-order valence-electron chi connectivity index (χ3n) is 1.88. The van der Waals surface area contributed by atoms with E-state index in [9.17, 15) is 0 Å². The molecule has 1 fully saturated rings. The van der Waals surface area contributed by atoms with E-state index in [0.717, 1.165) is 19.6 Å². The fourth-order valence-electron chi connectivity index (χ4n) is 1.30. The summed E-state index contributed by atoms with van der Waals surface area (Å²) in [6.45, 7) is 6.95. The van der Waals surface area contributed by atoms with E-state index >= 15 is 0 Å². The first kappa shape index (κ1) is 8.27. The standard InChI is InChI=1S/C8H14N2O/c1-3-10(7(2)9)8-4-5-11-6-8/h3,8-9H,1,4-6H2,2H3. The summed E-state index contributed by atoms with van der Waals surface area (Å²) in [4.78, 5) is 1.85. The Morgan fingerprint density at radius 1 is 1.82 bits per heavy atom. The molecule has 0 saturated carbocycles. The predicted octanol–water partition coefficient (Wildman–Crippen LogP) is 1.22. The van der Waals surface area contributed by atoms with E-state index in [4.69, 9.17) is 10.1 Å². The van der Waals surface area contributed by atoms with Gasteiger partial charge in [-0.2, -0.15) is 0 Å². The van der Waals surface area contributed by atoms with Crippen LogP contribution in [-0.4, -0.2) is 30.0 Å². The van der Waals surface area contributed by atoms with E-state index in [0.29, 0.717) is 11.9 Å². The molecule has 1 N–H and O–H groups in total. The molecule has 0 aromatic heterocycles. The summed E-state index contributed by atoms with van der Waals surface area (Å²) in [7, 11) is 0. The van der Waals surface area contributed by atoms with Gasteiger partial charge >= 0.3 is 0 Å². The summed E-state index contributed by atoms with van der Waals surface area (Å²) in [6, 6.07) is 0.338. The smallest absolute Gasteiger partial charge is 0.0969 e. The lowest BCUT2D eigenvalue weighted by Crippen LogP contribution is -2.34. The van der Waals surface area contributed by atoms with E-state index in [1.54, 1.807) is 13.1 Å². The van der Waals surface area contributed by atoms with E-state index in [2.05, 4.69) is 6.58 Å². The van der Waals surface area contributed by atoms with Crippen LogP contribution >= 0.6 is 0 Å². The Balaban J connectivity index is 2.53. The zero-order valence-electron chi connectivity index (χ0n) is 6.84. The van der Waals surface area contributed by atoms with Gasteiger partial charge in [0.25, 0.3) is 0 Å². The molecule has 3 nitrogen and oxygen atoms in total. The third kappa shape index (κ3) is 1.80. The molecule has 1 heterocycles. The molecule has 0 bridgehead atoms. The van der Waals surface area contributed by atoms with Gasteiger partial charge in [0.05, 0.1) is 18.5 Å². The Kier molecular flexibility index (Phi) is 2.65. The monoisotopic (exact) mass is 154 g/mol. The van der Waals surface area contributed by atoms with Crippen LogP contribution in [0.25, 0.3) is 0 Å². The highest BCUT2D eigenvalue weighted by atomic mass is 16.5. The molecule has 0 aliphatic carbocycles. The van der Waals surface area contributed by atoms with Crippen LogP contribution in [-0.2, 0) is 4.74 Å². The summed E-state index contributed by atoms with van der Waals surface area (Å²) in [5.74, 6) is 0.538. The van der Waals surface area contributed by atoms with Crippen molar-refractivity contribution < 1.29 is 4.74 Å². The Morgan fingerprint density at radius 3 is 2.91 bits per heavy atom. The Labute approximate surface area is 67.2 Å². The molecule has 1 aliphatic rings. The second-order valence-electron chi connectivity index (χ2n) is 2.69. The van der Waals surface area contributed by atoms with Crippen molar-refractivity contribution in [1.82, 2.24) is 4.90 Å². The van der Waals surface area contributed by atoms with Gasteiger partial charge in [-0.15, -0.1) is 0 Å². The first-order valence-electron chi connectivity index (χ1n) is 3.79. The quantitative estimate of drug-likeness (QED) is 0.479. The molecule has 1 aliphatic heterocycles. The fourth-order valence-corrected chi connectivity index (χ4v) is 1.30. The molecular formula is C8H14N2O. The fraction of sp³-hybridized carbons (Fsp3) is 0.625. The average molecular weight is 154 g/mol. The van der Waals surface area contributed by atoms with Gasteiger partial charge in [0.15, 0.2) is 0 Å². The zero-order valence-corrected chi connectivity index (χ0v) is 6.84. The van der Waals surface area contributed by atoms with E-state index in [1.807, 2.05) is 4.90 Å². The highest BCUT2D eigenvalue weighted by Gasteiger charge is 2.21. The summed E-state index contributed by atoms with van der Waals surface area (Å²) < 4.78 is 5.20. The number of nitrogens with zero attached hydrogens (tertiary/aromatic N) is 1. The van der Waals surface area contributed by atoms with Crippen molar-refractivity contribution in [3.8, 4) is 0 Å². The second kappa shape index (κ2) is 3.53. The number of ether oxygens (including phenoxy) is 1. The van der Waals surface area contributed by atoms with Crippen LogP contribution in [0.2, 0.25) is 0 Å². The average Bonchev–Trinajstić information content (AvgIpc) is 2.40. The first-order valence-corrected chi connectivity index (χ1v) is 3.79. The molecule has 3 heteroatoms. The molecule has 1 unspecified atom stereocenters. The van der Waals surface area contributed by atoms with Crippen LogP contribution in [0.15, 0.2) is 12.8 Å². The maximum atomic E-state index is 7.42. The van der Waals surface area contributed by atoms with E-state index in [1.165, 1.54) is 0 Å². The molecule has 1 saturated heterocycles. The Morgan fingerprint density at radius 2 is 2.55 bits per heavy atom. The molecule has 62 valence electrons. The summed E-state index contributed by atoms with van der Waals surface area (Å²) in [5, 5.41) is 7.42. The van der Waals surface area contributed by atoms with Gasteiger partial charge in [-0.25, -0.2) is 0 Å². The number of rotatable bonds is 2. The summed E-state index contributed by atoms with van der Waals surface area (Å²) >= 11 is 0.